The third-order valence-corrected chi connectivity index (χ3v) is 3.62. The molecule has 24 heavy (non-hydrogen) atoms. The van der Waals surface area contributed by atoms with Gasteiger partial charge in [0.1, 0.15) is 6.23 Å². The molecule has 1 aromatic carbocycles. The number of hydrogen-bond acceptors (Lipinski definition) is 6. The highest BCUT2D eigenvalue weighted by atomic mass is 16.3. The molecule has 0 amide bonds. The molecule has 3 rings (SSSR count). The second kappa shape index (κ2) is 6.84. The van der Waals surface area contributed by atoms with Crippen LogP contribution in [-0.2, 0) is 6.54 Å². The van der Waals surface area contributed by atoms with Gasteiger partial charge in [-0.2, -0.15) is 9.97 Å². The minimum atomic E-state index is -0.736. The first-order valence-electron chi connectivity index (χ1n) is 8.01. The molecule has 0 aliphatic carbocycles. The van der Waals surface area contributed by atoms with Crippen LogP contribution in [0.25, 0.3) is 11.2 Å². The van der Waals surface area contributed by atoms with Crippen LogP contribution in [0.5, 0.6) is 0 Å². The number of nitrogens with zero attached hydrogens (tertiary/aromatic N) is 4. The Hall–Kier alpha value is -2.67. The Kier molecular flexibility index (Phi) is 4.61. The quantitative estimate of drug-likeness (QED) is 0.604. The van der Waals surface area contributed by atoms with Gasteiger partial charge in [0.15, 0.2) is 17.0 Å². The van der Waals surface area contributed by atoms with Crippen molar-refractivity contribution in [3.63, 3.8) is 0 Å². The first-order valence-corrected chi connectivity index (χ1v) is 8.01. The molecule has 2 heterocycles. The molecular weight excluding hydrogens is 304 g/mol. The number of anilines is 2. The van der Waals surface area contributed by atoms with Gasteiger partial charge in [-0.3, -0.25) is 0 Å². The van der Waals surface area contributed by atoms with E-state index in [2.05, 4.69) is 39.4 Å². The Balaban J connectivity index is 1.98. The zero-order valence-electron chi connectivity index (χ0n) is 14.1. The lowest BCUT2D eigenvalue weighted by Crippen LogP contribution is -2.17. The van der Waals surface area contributed by atoms with Crippen molar-refractivity contribution >= 4 is 22.9 Å². The van der Waals surface area contributed by atoms with E-state index in [1.807, 2.05) is 34.9 Å². The molecule has 0 radical (unpaired) electrons. The third kappa shape index (κ3) is 3.46. The largest absolute Gasteiger partial charge is 0.374 e. The van der Waals surface area contributed by atoms with E-state index in [0.29, 0.717) is 18.3 Å². The zero-order valence-corrected chi connectivity index (χ0v) is 14.1. The van der Waals surface area contributed by atoms with Gasteiger partial charge >= 0.3 is 0 Å². The predicted molar refractivity (Wildman–Crippen MR) is 94.8 cm³/mol. The molecule has 0 saturated heterocycles. The van der Waals surface area contributed by atoms with E-state index >= 15 is 0 Å². The van der Waals surface area contributed by atoms with Crippen LogP contribution in [0.2, 0.25) is 0 Å². The zero-order chi connectivity index (χ0) is 17.1. The topological polar surface area (TPSA) is 87.9 Å². The molecule has 0 saturated carbocycles. The second-order valence-electron chi connectivity index (χ2n) is 5.97. The molecule has 7 heteroatoms. The number of benzene rings is 1. The van der Waals surface area contributed by atoms with Gasteiger partial charge in [-0.1, -0.05) is 30.3 Å². The van der Waals surface area contributed by atoms with E-state index in [0.717, 1.165) is 16.7 Å². The highest BCUT2D eigenvalue weighted by Crippen LogP contribution is 2.24. The van der Waals surface area contributed by atoms with Gasteiger partial charge in [0.05, 0.1) is 6.33 Å². The number of hydrogen-bond donors (Lipinski definition) is 3. The Morgan fingerprint density at radius 1 is 1.12 bits per heavy atom. The number of imidazole rings is 1. The van der Waals surface area contributed by atoms with Crippen molar-refractivity contribution in [1.29, 1.82) is 0 Å². The van der Waals surface area contributed by atoms with Crippen molar-refractivity contribution in [1.82, 2.24) is 19.5 Å². The Bertz CT molecular complexity index is 813. The molecule has 3 aromatic rings. The van der Waals surface area contributed by atoms with Gasteiger partial charge in [0.25, 0.3) is 0 Å². The van der Waals surface area contributed by atoms with E-state index in [1.54, 1.807) is 13.3 Å². The molecule has 3 N–H and O–H groups in total. The summed E-state index contributed by atoms with van der Waals surface area (Å²) in [7, 11) is 0. The van der Waals surface area contributed by atoms with Gasteiger partial charge in [-0.25, -0.2) is 4.98 Å². The lowest BCUT2D eigenvalue weighted by molar-refractivity contribution is 0.223. The molecule has 0 spiro atoms. The molecular formula is C17H22N6O. The van der Waals surface area contributed by atoms with Gasteiger partial charge in [0.2, 0.25) is 5.95 Å². The van der Waals surface area contributed by atoms with Crippen molar-refractivity contribution in [2.75, 3.05) is 10.6 Å². The van der Waals surface area contributed by atoms with E-state index < -0.39 is 6.23 Å². The normalized spacial score (nSPS) is 12.5. The smallest absolute Gasteiger partial charge is 0.228 e. The summed E-state index contributed by atoms with van der Waals surface area (Å²) in [5.74, 6) is 1.02. The SMILES string of the molecule is CC(O)Nc1nc(NCc2ccccc2)c2ncn(C(C)C)c2n1. The standard InChI is InChI=1S/C17H22N6O/c1-11(2)23-10-19-14-15(18-9-13-7-5-4-6-8-13)21-17(20-12(3)24)22-16(14)23/h4-8,10-12,24H,9H2,1-3H3,(H2,18,20,21,22). The molecule has 0 aliphatic rings. The Morgan fingerprint density at radius 2 is 1.88 bits per heavy atom. The van der Waals surface area contributed by atoms with Crippen LogP contribution in [0.1, 0.15) is 32.4 Å². The van der Waals surface area contributed by atoms with Crippen molar-refractivity contribution < 1.29 is 5.11 Å². The summed E-state index contributed by atoms with van der Waals surface area (Å²) in [4.78, 5) is 13.4. The fourth-order valence-electron chi connectivity index (χ4n) is 2.45. The minimum absolute atomic E-state index is 0.228. The van der Waals surface area contributed by atoms with E-state index in [4.69, 9.17) is 0 Å². The summed E-state index contributed by atoms with van der Waals surface area (Å²) in [6.07, 6.45) is 1.03. The number of aliphatic hydroxyl groups excluding tert-OH is 1. The maximum absolute atomic E-state index is 9.57. The van der Waals surface area contributed by atoms with E-state index in [9.17, 15) is 5.11 Å². The number of nitrogens with one attached hydrogen (secondary N) is 2. The molecule has 7 nitrogen and oxygen atoms in total. The average Bonchev–Trinajstić information content (AvgIpc) is 2.97. The molecule has 1 atom stereocenters. The summed E-state index contributed by atoms with van der Waals surface area (Å²) >= 11 is 0. The molecule has 2 aromatic heterocycles. The number of aromatic nitrogens is 4. The van der Waals surface area contributed by atoms with Crippen LogP contribution in [0.4, 0.5) is 11.8 Å². The average molecular weight is 326 g/mol. The van der Waals surface area contributed by atoms with Gasteiger partial charge in [-0.15, -0.1) is 0 Å². The minimum Gasteiger partial charge on any atom is -0.374 e. The Labute approximate surface area is 140 Å². The lowest BCUT2D eigenvalue weighted by Gasteiger charge is -2.13. The summed E-state index contributed by atoms with van der Waals surface area (Å²) in [5, 5.41) is 15.7. The number of rotatable bonds is 6. The fraction of sp³-hybridized carbons (Fsp3) is 0.353. The van der Waals surface area contributed by atoms with Crippen molar-refractivity contribution in [3.05, 3.63) is 42.2 Å². The number of aliphatic hydroxyl groups is 1. The summed E-state index contributed by atoms with van der Waals surface area (Å²) < 4.78 is 1.98. The van der Waals surface area contributed by atoms with Crippen LogP contribution < -0.4 is 10.6 Å². The summed E-state index contributed by atoms with van der Waals surface area (Å²) in [6.45, 7) is 6.41. The van der Waals surface area contributed by atoms with Crippen molar-refractivity contribution in [2.45, 2.75) is 39.6 Å². The first kappa shape index (κ1) is 16.2. The predicted octanol–water partition coefficient (Wildman–Crippen LogP) is 2.77. The van der Waals surface area contributed by atoms with Crippen LogP contribution in [0.3, 0.4) is 0 Å². The fourth-order valence-corrected chi connectivity index (χ4v) is 2.45. The van der Waals surface area contributed by atoms with Crippen LogP contribution in [-0.4, -0.2) is 30.9 Å². The third-order valence-electron chi connectivity index (χ3n) is 3.62. The summed E-state index contributed by atoms with van der Waals surface area (Å²) in [5.41, 5.74) is 2.60. The Morgan fingerprint density at radius 3 is 2.54 bits per heavy atom. The maximum Gasteiger partial charge on any atom is 0.228 e. The van der Waals surface area contributed by atoms with E-state index in [1.165, 1.54) is 0 Å². The molecule has 0 bridgehead atoms. The van der Waals surface area contributed by atoms with Crippen LogP contribution in [0, 0.1) is 0 Å². The van der Waals surface area contributed by atoms with Crippen LogP contribution >= 0.6 is 0 Å². The van der Waals surface area contributed by atoms with Gasteiger partial charge in [-0.05, 0) is 26.3 Å². The highest BCUT2D eigenvalue weighted by molar-refractivity contribution is 5.84. The lowest BCUT2D eigenvalue weighted by atomic mass is 10.2. The number of fused-ring (bicyclic) bond motifs is 1. The first-order chi connectivity index (χ1) is 11.5. The molecule has 1 unspecified atom stereocenters. The van der Waals surface area contributed by atoms with Crippen molar-refractivity contribution in [2.24, 2.45) is 0 Å². The van der Waals surface area contributed by atoms with Gasteiger partial charge < -0.3 is 20.3 Å². The highest BCUT2D eigenvalue weighted by Gasteiger charge is 2.15. The maximum atomic E-state index is 9.57. The molecule has 0 aliphatic heterocycles. The second-order valence-corrected chi connectivity index (χ2v) is 5.97. The molecule has 126 valence electrons. The van der Waals surface area contributed by atoms with Gasteiger partial charge in [0, 0.05) is 12.6 Å². The summed E-state index contributed by atoms with van der Waals surface area (Å²) in [6, 6.07) is 10.3. The van der Waals surface area contributed by atoms with E-state index in [-0.39, 0.29) is 6.04 Å². The van der Waals surface area contributed by atoms with Crippen molar-refractivity contribution in [3.8, 4) is 0 Å². The van der Waals surface area contributed by atoms with Crippen LogP contribution in [0.15, 0.2) is 36.7 Å². The monoisotopic (exact) mass is 326 g/mol. The molecule has 0 fully saturated rings.